The molecule has 0 N–H and O–H groups in total. The van der Waals surface area contributed by atoms with Gasteiger partial charge in [-0.2, -0.15) is 11.8 Å². The van der Waals surface area contributed by atoms with Gasteiger partial charge >= 0.3 is 0 Å². The average molecular weight is 340 g/mol. The topological polar surface area (TPSA) is 36.4 Å². The second-order valence-corrected chi connectivity index (χ2v) is 8.29. The first kappa shape index (κ1) is 16.3. The molecule has 6 heteroatoms. The van der Waals surface area contributed by atoms with Crippen LogP contribution in [0.2, 0.25) is 0 Å². The van der Waals surface area contributed by atoms with E-state index >= 15 is 0 Å². The third-order valence-electron chi connectivity index (χ3n) is 4.78. The molecule has 1 aromatic heterocycles. The van der Waals surface area contributed by atoms with Crippen molar-refractivity contribution in [2.45, 2.75) is 38.6 Å². The molecule has 2 aliphatic rings. The number of aromatic nitrogens is 1. The molecule has 0 radical (unpaired) electrons. The van der Waals surface area contributed by atoms with Crippen molar-refractivity contribution in [3.63, 3.8) is 0 Å². The summed E-state index contributed by atoms with van der Waals surface area (Å²) in [6.07, 6.45) is 4.12. The predicted molar refractivity (Wildman–Crippen MR) is 93.7 cm³/mol. The van der Waals surface area contributed by atoms with E-state index in [1.807, 2.05) is 12.4 Å². The summed E-state index contributed by atoms with van der Waals surface area (Å²) in [4.78, 5) is 22.6. The Labute approximate surface area is 141 Å². The Balaban J connectivity index is 1.42. The Bertz CT molecular complexity index is 491. The second kappa shape index (κ2) is 7.79. The number of carbonyl (C=O) groups is 1. The number of hydrogen-bond acceptors (Lipinski definition) is 5. The first-order valence-corrected chi connectivity index (χ1v) is 10.3. The fraction of sp³-hybridized carbons (Fsp3) is 0.750. The molecule has 0 bridgehead atoms. The van der Waals surface area contributed by atoms with E-state index in [0.29, 0.717) is 12.3 Å². The lowest BCUT2D eigenvalue weighted by molar-refractivity contribution is -0.133. The van der Waals surface area contributed by atoms with E-state index in [4.69, 9.17) is 0 Å². The van der Waals surface area contributed by atoms with Gasteiger partial charge in [0.05, 0.1) is 11.2 Å². The lowest BCUT2D eigenvalue weighted by Gasteiger charge is -2.40. The molecule has 3 heterocycles. The molecule has 2 fully saturated rings. The number of nitrogens with zero attached hydrogens (tertiary/aromatic N) is 3. The van der Waals surface area contributed by atoms with E-state index in [2.05, 4.69) is 26.5 Å². The molecule has 2 saturated heterocycles. The summed E-state index contributed by atoms with van der Waals surface area (Å²) < 4.78 is 0. The molecule has 3 rings (SSSR count). The summed E-state index contributed by atoms with van der Waals surface area (Å²) in [5.41, 5.74) is 2.95. The zero-order valence-electron chi connectivity index (χ0n) is 13.3. The highest BCUT2D eigenvalue weighted by Gasteiger charge is 2.27. The van der Waals surface area contributed by atoms with E-state index in [1.165, 1.54) is 29.2 Å². The number of amides is 1. The monoisotopic (exact) mass is 339 g/mol. The molecule has 1 amide bonds. The van der Waals surface area contributed by atoms with Crippen LogP contribution in [-0.2, 0) is 11.2 Å². The average Bonchev–Trinajstić information content (AvgIpc) is 2.99. The van der Waals surface area contributed by atoms with Gasteiger partial charge in [0.15, 0.2) is 0 Å². The fourth-order valence-corrected chi connectivity index (χ4v) is 5.19. The summed E-state index contributed by atoms with van der Waals surface area (Å²) in [5.74, 6) is 2.92. The molecule has 0 spiro atoms. The van der Waals surface area contributed by atoms with Crippen molar-refractivity contribution >= 4 is 29.0 Å². The van der Waals surface area contributed by atoms with Crippen LogP contribution < -0.4 is 0 Å². The fourth-order valence-electron chi connectivity index (χ4n) is 3.33. The molecular formula is C16H25N3OS2. The maximum Gasteiger partial charge on any atom is 0.223 e. The van der Waals surface area contributed by atoms with Crippen molar-refractivity contribution in [2.24, 2.45) is 0 Å². The third-order valence-corrected chi connectivity index (χ3v) is 6.83. The molecular weight excluding hydrogens is 314 g/mol. The van der Waals surface area contributed by atoms with Gasteiger partial charge in [-0.15, -0.1) is 11.3 Å². The summed E-state index contributed by atoms with van der Waals surface area (Å²) >= 11 is 3.74. The van der Waals surface area contributed by atoms with Gasteiger partial charge in [-0.3, -0.25) is 9.69 Å². The van der Waals surface area contributed by atoms with Crippen molar-refractivity contribution in [1.82, 2.24) is 14.8 Å². The minimum Gasteiger partial charge on any atom is -0.340 e. The lowest BCUT2D eigenvalue weighted by atomic mass is 10.1. The predicted octanol–water partition coefficient (Wildman–Crippen LogP) is 2.42. The van der Waals surface area contributed by atoms with Crippen LogP contribution in [0.5, 0.6) is 0 Å². The first-order chi connectivity index (χ1) is 10.7. The van der Waals surface area contributed by atoms with Crippen molar-refractivity contribution < 1.29 is 4.79 Å². The summed E-state index contributed by atoms with van der Waals surface area (Å²) in [7, 11) is 0. The highest BCUT2D eigenvalue weighted by atomic mass is 32.2. The molecule has 0 saturated carbocycles. The Morgan fingerprint density at radius 3 is 2.64 bits per heavy atom. The van der Waals surface area contributed by atoms with E-state index in [-0.39, 0.29) is 0 Å². The zero-order chi connectivity index (χ0) is 15.4. The highest BCUT2D eigenvalue weighted by molar-refractivity contribution is 7.99. The summed E-state index contributed by atoms with van der Waals surface area (Å²) in [6.45, 7) is 5.95. The molecule has 0 aromatic carbocycles. The zero-order valence-corrected chi connectivity index (χ0v) is 14.9. The van der Waals surface area contributed by atoms with Crippen molar-refractivity contribution in [1.29, 1.82) is 0 Å². The van der Waals surface area contributed by atoms with Crippen LogP contribution in [0, 0.1) is 6.92 Å². The van der Waals surface area contributed by atoms with Crippen LogP contribution in [0.3, 0.4) is 0 Å². The van der Waals surface area contributed by atoms with Gasteiger partial charge in [0, 0.05) is 43.5 Å². The second-order valence-electron chi connectivity index (χ2n) is 6.12. The number of aryl methyl sites for hydroxylation is 2. The minimum absolute atomic E-state index is 0.312. The molecule has 4 nitrogen and oxygen atoms in total. The molecule has 0 aliphatic carbocycles. The molecule has 22 heavy (non-hydrogen) atoms. The van der Waals surface area contributed by atoms with Crippen LogP contribution in [0.25, 0.3) is 0 Å². The van der Waals surface area contributed by atoms with Crippen LogP contribution >= 0.6 is 23.1 Å². The van der Waals surface area contributed by atoms with Crippen LogP contribution in [0.1, 0.15) is 29.8 Å². The van der Waals surface area contributed by atoms with Crippen molar-refractivity contribution in [3.8, 4) is 0 Å². The smallest absolute Gasteiger partial charge is 0.223 e. The van der Waals surface area contributed by atoms with E-state index in [9.17, 15) is 4.79 Å². The van der Waals surface area contributed by atoms with Crippen molar-refractivity contribution in [2.75, 3.05) is 37.7 Å². The van der Waals surface area contributed by atoms with Gasteiger partial charge in [0.2, 0.25) is 5.91 Å². The molecule has 122 valence electrons. The summed E-state index contributed by atoms with van der Waals surface area (Å²) in [6, 6.07) is 0.762. The van der Waals surface area contributed by atoms with Gasteiger partial charge in [0.1, 0.15) is 0 Å². The van der Waals surface area contributed by atoms with Gasteiger partial charge < -0.3 is 4.90 Å². The van der Waals surface area contributed by atoms with E-state index in [1.54, 1.807) is 11.3 Å². The molecule has 1 aromatic rings. The van der Waals surface area contributed by atoms with Crippen LogP contribution in [0.15, 0.2) is 5.51 Å². The number of carbonyl (C=O) groups excluding carboxylic acids is 1. The van der Waals surface area contributed by atoms with Gasteiger partial charge in [0.25, 0.3) is 0 Å². The minimum atomic E-state index is 0.312. The molecule has 0 unspecified atom stereocenters. The number of thioether (sulfide) groups is 1. The van der Waals surface area contributed by atoms with Gasteiger partial charge in [-0.05, 0) is 37.7 Å². The molecule has 0 atom stereocenters. The number of rotatable bonds is 4. The quantitative estimate of drug-likeness (QED) is 0.844. The third kappa shape index (κ3) is 4.03. The largest absolute Gasteiger partial charge is 0.340 e. The Morgan fingerprint density at radius 2 is 2.00 bits per heavy atom. The summed E-state index contributed by atoms with van der Waals surface area (Å²) in [5, 5.41) is 0. The Hall–Kier alpha value is -0.590. The molecule has 2 aliphatic heterocycles. The first-order valence-electron chi connectivity index (χ1n) is 8.22. The van der Waals surface area contributed by atoms with Crippen LogP contribution in [0.4, 0.5) is 0 Å². The normalized spacial score (nSPS) is 21.2. The number of hydrogen-bond donors (Lipinski definition) is 0. The van der Waals surface area contributed by atoms with Crippen molar-refractivity contribution in [3.05, 3.63) is 16.1 Å². The SMILES string of the molecule is Cc1ncsc1CCC(=O)N1CCN(C2CCSCC2)CC1. The maximum atomic E-state index is 12.4. The van der Waals surface area contributed by atoms with Gasteiger partial charge in [-0.25, -0.2) is 4.98 Å². The lowest BCUT2D eigenvalue weighted by Crippen LogP contribution is -2.52. The standard InChI is InChI=1S/C16H25N3OS2/c1-13-15(22-12-17-13)2-3-16(20)19-8-6-18(7-9-19)14-4-10-21-11-5-14/h12,14H,2-11H2,1H3. The number of piperazine rings is 1. The number of thiazole rings is 1. The van der Waals surface area contributed by atoms with E-state index < -0.39 is 0 Å². The van der Waals surface area contributed by atoms with E-state index in [0.717, 1.165) is 44.3 Å². The Morgan fingerprint density at radius 1 is 1.27 bits per heavy atom. The van der Waals surface area contributed by atoms with Gasteiger partial charge in [-0.1, -0.05) is 0 Å². The highest BCUT2D eigenvalue weighted by Crippen LogP contribution is 2.23. The Kier molecular flexibility index (Phi) is 5.77. The maximum absolute atomic E-state index is 12.4. The van der Waals surface area contributed by atoms with Crippen LogP contribution in [-0.4, -0.2) is 64.4 Å².